The van der Waals surface area contributed by atoms with Gasteiger partial charge in [-0.2, -0.15) is 4.98 Å². The molecule has 40 heavy (non-hydrogen) atoms. The molecule has 2 aromatic carbocycles. The third-order valence-corrected chi connectivity index (χ3v) is 9.00. The zero-order valence-electron chi connectivity index (χ0n) is 22.6. The predicted molar refractivity (Wildman–Crippen MR) is 158 cm³/mol. The van der Waals surface area contributed by atoms with Crippen LogP contribution >= 0.6 is 11.3 Å². The monoisotopic (exact) mass is 553 g/mol. The number of aliphatic hydroxyl groups is 1. The third kappa shape index (κ3) is 5.11. The maximum absolute atomic E-state index is 13.5. The molecule has 5 aromatic rings. The summed E-state index contributed by atoms with van der Waals surface area (Å²) in [7, 11) is 0. The molecule has 1 N–H and O–H groups in total. The topological polar surface area (TPSA) is 94.3 Å². The van der Waals surface area contributed by atoms with E-state index in [1.165, 1.54) is 11.3 Å². The van der Waals surface area contributed by atoms with Crippen molar-refractivity contribution in [2.24, 2.45) is 11.8 Å². The Morgan fingerprint density at radius 3 is 2.45 bits per heavy atom. The molecule has 0 bridgehead atoms. The Morgan fingerprint density at radius 2 is 1.75 bits per heavy atom. The summed E-state index contributed by atoms with van der Waals surface area (Å²) in [6.45, 7) is 3.60. The van der Waals surface area contributed by atoms with Gasteiger partial charge in [0.05, 0.1) is 21.1 Å². The van der Waals surface area contributed by atoms with Crippen LogP contribution in [0.2, 0.25) is 0 Å². The molecule has 204 valence electrons. The van der Waals surface area contributed by atoms with Crippen molar-refractivity contribution < 1.29 is 14.6 Å². The molecule has 1 aliphatic carbocycles. The zero-order chi connectivity index (χ0) is 27.8. The van der Waals surface area contributed by atoms with E-state index in [0.29, 0.717) is 46.0 Å². The fraction of sp³-hybridized carbons (Fsp3) is 0.312. The SMILES string of the molecule is CC(=O)CC1CCC(CC(O)=c2sc3nccc4c3c2nc(=O)n4-c2ccc(Oc3ccccc3)cc2C)CC1. The van der Waals surface area contributed by atoms with Gasteiger partial charge in [-0.15, -0.1) is 11.3 Å². The van der Waals surface area contributed by atoms with Crippen LogP contribution in [0, 0.1) is 18.8 Å². The number of carbonyl (C=O) groups excluding carboxylic acids is 1. The Morgan fingerprint density at radius 1 is 1.02 bits per heavy atom. The maximum atomic E-state index is 13.5. The first kappa shape index (κ1) is 26.2. The second-order valence-corrected chi connectivity index (χ2v) is 11.8. The van der Waals surface area contributed by atoms with Crippen molar-refractivity contribution in [2.75, 3.05) is 0 Å². The minimum atomic E-state index is -0.406. The van der Waals surface area contributed by atoms with E-state index >= 15 is 0 Å². The van der Waals surface area contributed by atoms with Gasteiger partial charge < -0.3 is 14.6 Å². The van der Waals surface area contributed by atoms with Crippen LogP contribution in [0.1, 0.15) is 51.0 Å². The number of thiophene rings is 1. The van der Waals surface area contributed by atoms with Crippen LogP contribution < -0.4 is 15.0 Å². The van der Waals surface area contributed by atoms with Crippen molar-refractivity contribution in [3.63, 3.8) is 0 Å². The van der Waals surface area contributed by atoms with Gasteiger partial charge in [-0.05, 0) is 93.3 Å². The van der Waals surface area contributed by atoms with Crippen molar-refractivity contribution in [2.45, 2.75) is 52.4 Å². The molecule has 0 radical (unpaired) electrons. The van der Waals surface area contributed by atoms with E-state index in [-0.39, 0.29) is 11.5 Å². The van der Waals surface area contributed by atoms with Gasteiger partial charge >= 0.3 is 5.69 Å². The number of carbonyl (C=O) groups is 1. The lowest BCUT2D eigenvalue weighted by Crippen LogP contribution is -2.24. The third-order valence-electron chi connectivity index (χ3n) is 7.86. The standard InChI is InChI=1S/C32H31N3O4S/c1-19-16-24(39-23-6-4-3-5-7-23)12-13-25(19)35-26-14-15-33-31-28(26)29(34-32(35)38)30(40-31)27(37)18-22-10-8-21(9-11-22)17-20(2)36/h3-7,12-16,21-22,37H,8-11,17-18H2,1-2H3. The number of hydrogen-bond acceptors (Lipinski definition) is 7. The van der Waals surface area contributed by atoms with Crippen molar-refractivity contribution in [3.8, 4) is 17.2 Å². The van der Waals surface area contributed by atoms with Crippen molar-refractivity contribution in [1.29, 1.82) is 0 Å². The Kier molecular flexibility index (Phi) is 7.11. The van der Waals surface area contributed by atoms with Crippen LogP contribution in [0.5, 0.6) is 11.5 Å². The zero-order valence-corrected chi connectivity index (χ0v) is 23.4. The van der Waals surface area contributed by atoms with E-state index in [1.807, 2.05) is 61.5 Å². The number of aryl methyl sites for hydroxylation is 1. The van der Waals surface area contributed by atoms with Crippen molar-refractivity contribution in [3.05, 3.63) is 81.4 Å². The van der Waals surface area contributed by atoms with Crippen LogP contribution in [0.3, 0.4) is 0 Å². The van der Waals surface area contributed by atoms with Crippen LogP contribution in [-0.4, -0.2) is 25.4 Å². The highest BCUT2D eigenvalue weighted by atomic mass is 32.1. The van der Waals surface area contributed by atoms with Gasteiger partial charge in [0.15, 0.2) is 0 Å². The molecule has 3 aromatic heterocycles. The number of Topliss-reactive ketones (excluding diaryl/α,β-unsaturated/α-hetero) is 1. The van der Waals surface area contributed by atoms with E-state index in [2.05, 4.69) is 9.97 Å². The molecule has 0 amide bonds. The number of rotatable bonds is 7. The van der Waals surface area contributed by atoms with Crippen LogP contribution in [-0.2, 0) is 4.79 Å². The van der Waals surface area contributed by atoms with E-state index in [9.17, 15) is 14.7 Å². The van der Waals surface area contributed by atoms with Crippen LogP contribution in [0.15, 0.2) is 65.6 Å². The summed E-state index contributed by atoms with van der Waals surface area (Å²) < 4.78 is 8.21. The second kappa shape index (κ2) is 10.8. The van der Waals surface area contributed by atoms with Gasteiger partial charge in [0.25, 0.3) is 0 Å². The second-order valence-electron chi connectivity index (χ2n) is 10.8. The normalized spacial score (nSPS) is 18.2. The summed E-state index contributed by atoms with van der Waals surface area (Å²) in [5, 5.41) is 12.0. The molecule has 3 heterocycles. The Balaban J connectivity index is 1.35. The van der Waals surface area contributed by atoms with E-state index in [4.69, 9.17) is 4.74 Å². The van der Waals surface area contributed by atoms with Crippen LogP contribution in [0.4, 0.5) is 0 Å². The number of hydrogen-bond donors (Lipinski definition) is 1. The molecule has 6 rings (SSSR count). The first-order valence-corrected chi connectivity index (χ1v) is 14.5. The van der Waals surface area contributed by atoms with Crippen molar-refractivity contribution in [1.82, 2.24) is 14.5 Å². The number of aromatic nitrogens is 3. The molecule has 0 atom stereocenters. The molecule has 1 fully saturated rings. The Bertz CT molecular complexity index is 1820. The molecule has 0 saturated heterocycles. The summed E-state index contributed by atoms with van der Waals surface area (Å²) in [5.41, 5.74) is 2.40. The lowest BCUT2D eigenvalue weighted by Gasteiger charge is -2.27. The van der Waals surface area contributed by atoms with Crippen LogP contribution in [0.25, 0.3) is 32.7 Å². The number of benzene rings is 2. The molecule has 0 unspecified atom stereocenters. The van der Waals surface area contributed by atoms with E-state index in [1.54, 1.807) is 17.7 Å². The Hall–Kier alpha value is -4.04. The van der Waals surface area contributed by atoms with Gasteiger partial charge in [0, 0.05) is 19.0 Å². The molecule has 8 heteroatoms. The molecule has 0 spiro atoms. The fourth-order valence-electron chi connectivity index (χ4n) is 5.94. The number of pyridine rings is 1. The Labute approximate surface area is 235 Å². The fourth-order valence-corrected chi connectivity index (χ4v) is 7.00. The summed E-state index contributed by atoms with van der Waals surface area (Å²) in [5.74, 6) is 2.74. The van der Waals surface area contributed by atoms with Gasteiger partial charge in [-0.3, -0.25) is 4.57 Å². The summed E-state index contributed by atoms with van der Waals surface area (Å²) in [6, 6.07) is 17.0. The first-order chi connectivity index (χ1) is 19.4. The quantitative estimate of drug-likeness (QED) is 0.242. The average molecular weight is 554 g/mol. The maximum Gasteiger partial charge on any atom is 0.353 e. The number of ketones is 1. The van der Waals surface area contributed by atoms with Gasteiger partial charge in [-0.25, -0.2) is 9.78 Å². The first-order valence-electron chi connectivity index (χ1n) is 13.7. The molecule has 0 aliphatic heterocycles. The molecular weight excluding hydrogens is 522 g/mol. The molecule has 1 aliphatic rings. The average Bonchev–Trinajstić information content (AvgIpc) is 3.30. The highest BCUT2D eigenvalue weighted by molar-refractivity contribution is 7.17. The summed E-state index contributed by atoms with van der Waals surface area (Å²) in [6.07, 6.45) is 6.87. The van der Waals surface area contributed by atoms with E-state index in [0.717, 1.165) is 52.9 Å². The molecule has 7 nitrogen and oxygen atoms in total. The molecular formula is C32H31N3O4S. The minimum absolute atomic E-state index is 0.248. The van der Waals surface area contributed by atoms with Gasteiger partial charge in [0.1, 0.15) is 33.4 Å². The van der Waals surface area contributed by atoms with E-state index < -0.39 is 5.69 Å². The smallest absolute Gasteiger partial charge is 0.353 e. The number of aliphatic hydroxyl groups excluding tert-OH is 1. The largest absolute Gasteiger partial charge is 0.511 e. The highest BCUT2D eigenvalue weighted by Crippen LogP contribution is 2.35. The molecule has 1 saturated carbocycles. The van der Waals surface area contributed by atoms with Gasteiger partial charge in [-0.1, -0.05) is 18.2 Å². The number of para-hydroxylation sites is 1. The number of ether oxygens (including phenoxy) is 1. The lowest BCUT2D eigenvalue weighted by molar-refractivity contribution is -0.118. The summed E-state index contributed by atoms with van der Waals surface area (Å²) >= 11 is 1.38. The van der Waals surface area contributed by atoms with Gasteiger partial charge in [0.2, 0.25) is 0 Å². The number of nitrogens with zero attached hydrogens (tertiary/aromatic N) is 3. The minimum Gasteiger partial charge on any atom is -0.511 e. The predicted octanol–water partition coefficient (Wildman–Crippen LogP) is 6.66. The highest BCUT2D eigenvalue weighted by Gasteiger charge is 2.24. The summed E-state index contributed by atoms with van der Waals surface area (Å²) in [4.78, 5) is 34.8. The van der Waals surface area contributed by atoms with Crippen molar-refractivity contribution >= 4 is 44.1 Å². The lowest BCUT2D eigenvalue weighted by atomic mass is 9.78.